The number of thioether (sulfide) groups is 1. The van der Waals surface area contributed by atoms with E-state index in [1.165, 1.54) is 0 Å². The van der Waals surface area contributed by atoms with E-state index in [1.807, 2.05) is 36.9 Å². The Morgan fingerprint density at radius 3 is 2.85 bits per heavy atom. The van der Waals surface area contributed by atoms with Crippen molar-refractivity contribution < 1.29 is 4.79 Å². The fourth-order valence-corrected chi connectivity index (χ4v) is 3.34. The van der Waals surface area contributed by atoms with Crippen LogP contribution in [0.5, 0.6) is 0 Å². The van der Waals surface area contributed by atoms with E-state index in [0.29, 0.717) is 11.0 Å². The molecular formula is C14H16N4OS. The molecule has 1 aromatic carbocycles. The first-order valence-electron chi connectivity index (χ1n) is 6.72. The van der Waals surface area contributed by atoms with E-state index in [0.717, 1.165) is 29.9 Å². The second-order valence-electron chi connectivity index (χ2n) is 4.99. The third kappa shape index (κ3) is 2.90. The topological polar surface area (TPSA) is 67.8 Å². The summed E-state index contributed by atoms with van der Waals surface area (Å²) in [7, 11) is 0. The lowest BCUT2D eigenvalue weighted by Crippen LogP contribution is -2.38. The summed E-state index contributed by atoms with van der Waals surface area (Å²) in [6.45, 7) is 1.99. The minimum Gasteiger partial charge on any atom is -0.346 e. The number of fused-ring (bicyclic) bond motifs is 1. The molecule has 0 saturated carbocycles. The zero-order valence-electron chi connectivity index (χ0n) is 11.3. The van der Waals surface area contributed by atoms with Crippen LogP contribution in [0.25, 0.3) is 11.0 Å². The third-order valence-electron chi connectivity index (χ3n) is 3.37. The van der Waals surface area contributed by atoms with Gasteiger partial charge in [0.1, 0.15) is 5.52 Å². The van der Waals surface area contributed by atoms with Gasteiger partial charge in [-0.3, -0.25) is 4.79 Å². The molecule has 3 rings (SSSR count). The second-order valence-corrected chi connectivity index (χ2v) is 6.21. The number of hydrogen-bond acceptors (Lipinski definition) is 5. The van der Waals surface area contributed by atoms with E-state index in [9.17, 15) is 4.79 Å². The highest BCUT2D eigenvalue weighted by Gasteiger charge is 2.19. The van der Waals surface area contributed by atoms with Gasteiger partial charge in [-0.25, -0.2) is 4.98 Å². The van der Waals surface area contributed by atoms with Crippen LogP contribution in [0.3, 0.4) is 0 Å². The van der Waals surface area contributed by atoms with Crippen molar-refractivity contribution in [3.8, 4) is 0 Å². The van der Waals surface area contributed by atoms with E-state index >= 15 is 0 Å². The first-order chi connectivity index (χ1) is 9.72. The Kier molecular flexibility index (Phi) is 3.82. The van der Waals surface area contributed by atoms with Crippen LogP contribution in [-0.4, -0.2) is 38.6 Å². The molecule has 1 aliphatic heterocycles. The smallest absolute Gasteiger partial charge is 0.291 e. The van der Waals surface area contributed by atoms with E-state index in [1.54, 1.807) is 0 Å². The first kappa shape index (κ1) is 13.3. The van der Waals surface area contributed by atoms with Gasteiger partial charge in [-0.2, -0.15) is 11.8 Å². The van der Waals surface area contributed by atoms with Crippen molar-refractivity contribution in [3.63, 3.8) is 0 Å². The van der Waals surface area contributed by atoms with E-state index in [4.69, 9.17) is 0 Å². The Hall–Kier alpha value is -1.69. The molecule has 104 valence electrons. The minimum atomic E-state index is -0.224. The average Bonchev–Trinajstić information content (AvgIpc) is 2.47. The zero-order valence-corrected chi connectivity index (χ0v) is 12.1. The SMILES string of the molecule is Cc1ccc2nnc(C(=O)NC3CCSCC3)nc2c1. The van der Waals surface area contributed by atoms with Gasteiger partial charge in [-0.15, -0.1) is 10.2 Å². The molecule has 1 saturated heterocycles. The van der Waals surface area contributed by atoms with Crippen molar-refractivity contribution in [1.29, 1.82) is 0 Å². The number of hydrogen-bond donors (Lipinski definition) is 1. The average molecular weight is 288 g/mol. The highest BCUT2D eigenvalue weighted by Crippen LogP contribution is 2.17. The van der Waals surface area contributed by atoms with E-state index in [2.05, 4.69) is 20.5 Å². The summed E-state index contributed by atoms with van der Waals surface area (Å²) in [5.74, 6) is 2.13. The van der Waals surface area contributed by atoms with Crippen LogP contribution < -0.4 is 5.32 Å². The molecule has 5 nitrogen and oxygen atoms in total. The molecule has 20 heavy (non-hydrogen) atoms. The number of nitrogens with one attached hydrogen (secondary N) is 1. The van der Waals surface area contributed by atoms with Crippen LogP contribution in [-0.2, 0) is 0 Å². The molecule has 0 unspecified atom stereocenters. The summed E-state index contributed by atoms with van der Waals surface area (Å²) in [4.78, 5) is 16.5. The summed E-state index contributed by atoms with van der Waals surface area (Å²) >= 11 is 1.93. The summed E-state index contributed by atoms with van der Waals surface area (Å²) in [5.41, 5.74) is 2.51. The summed E-state index contributed by atoms with van der Waals surface area (Å²) in [5, 5.41) is 11.0. The third-order valence-corrected chi connectivity index (χ3v) is 4.42. The molecule has 2 heterocycles. The summed E-state index contributed by atoms with van der Waals surface area (Å²) in [6.07, 6.45) is 2.02. The van der Waals surface area contributed by atoms with Crippen LogP contribution >= 0.6 is 11.8 Å². The molecule has 1 aromatic heterocycles. The molecule has 1 aliphatic rings. The zero-order chi connectivity index (χ0) is 13.9. The Morgan fingerprint density at radius 2 is 2.05 bits per heavy atom. The fraction of sp³-hybridized carbons (Fsp3) is 0.429. The van der Waals surface area contributed by atoms with Crippen LogP contribution in [0, 0.1) is 6.92 Å². The predicted octanol–water partition coefficient (Wildman–Crippen LogP) is 1.96. The Morgan fingerprint density at radius 1 is 1.25 bits per heavy atom. The van der Waals surface area contributed by atoms with Gasteiger partial charge in [0.25, 0.3) is 5.91 Å². The van der Waals surface area contributed by atoms with Crippen LogP contribution in [0.1, 0.15) is 29.0 Å². The lowest BCUT2D eigenvalue weighted by molar-refractivity contribution is 0.0923. The lowest BCUT2D eigenvalue weighted by Gasteiger charge is -2.21. The maximum atomic E-state index is 12.2. The lowest BCUT2D eigenvalue weighted by atomic mass is 10.1. The van der Waals surface area contributed by atoms with Gasteiger partial charge in [-0.1, -0.05) is 6.07 Å². The van der Waals surface area contributed by atoms with Gasteiger partial charge >= 0.3 is 0 Å². The number of carbonyl (C=O) groups is 1. The van der Waals surface area contributed by atoms with Gasteiger partial charge in [0.2, 0.25) is 5.82 Å². The van der Waals surface area contributed by atoms with Crippen molar-refractivity contribution in [2.75, 3.05) is 11.5 Å². The van der Waals surface area contributed by atoms with Gasteiger partial charge in [0, 0.05) is 6.04 Å². The molecule has 1 N–H and O–H groups in total. The largest absolute Gasteiger partial charge is 0.346 e. The molecule has 0 radical (unpaired) electrons. The van der Waals surface area contributed by atoms with Crippen molar-refractivity contribution >= 4 is 28.7 Å². The number of amides is 1. The molecular weight excluding hydrogens is 272 g/mol. The molecule has 1 fully saturated rings. The van der Waals surface area contributed by atoms with Gasteiger partial charge in [0.05, 0.1) is 5.52 Å². The maximum Gasteiger partial charge on any atom is 0.291 e. The molecule has 1 amide bonds. The van der Waals surface area contributed by atoms with Crippen molar-refractivity contribution in [3.05, 3.63) is 29.6 Å². The van der Waals surface area contributed by atoms with E-state index in [-0.39, 0.29) is 17.8 Å². The Labute approximate surface area is 121 Å². The summed E-state index contributed by atoms with van der Waals surface area (Å²) in [6, 6.07) is 5.97. The molecule has 0 spiro atoms. The van der Waals surface area contributed by atoms with Crippen molar-refractivity contribution in [2.24, 2.45) is 0 Å². The second kappa shape index (κ2) is 5.75. The maximum absolute atomic E-state index is 12.2. The van der Waals surface area contributed by atoms with Crippen molar-refractivity contribution in [1.82, 2.24) is 20.5 Å². The van der Waals surface area contributed by atoms with Gasteiger partial charge < -0.3 is 5.32 Å². The van der Waals surface area contributed by atoms with Crippen molar-refractivity contribution in [2.45, 2.75) is 25.8 Å². The monoisotopic (exact) mass is 288 g/mol. The number of aromatic nitrogens is 3. The standard InChI is InChI=1S/C14H16N4OS/c1-9-2-3-11-12(8-9)16-13(18-17-11)14(19)15-10-4-6-20-7-5-10/h2-3,8,10H,4-7H2,1H3,(H,15,19). The van der Waals surface area contributed by atoms with E-state index < -0.39 is 0 Å². The number of aryl methyl sites for hydroxylation is 1. The predicted molar refractivity (Wildman–Crippen MR) is 79.9 cm³/mol. The quantitative estimate of drug-likeness (QED) is 0.915. The van der Waals surface area contributed by atoms with Crippen LogP contribution in [0.2, 0.25) is 0 Å². The first-order valence-corrected chi connectivity index (χ1v) is 7.87. The Bertz CT molecular complexity index is 640. The fourth-order valence-electron chi connectivity index (χ4n) is 2.23. The number of rotatable bonds is 2. The molecule has 6 heteroatoms. The number of benzene rings is 1. The highest BCUT2D eigenvalue weighted by atomic mass is 32.2. The highest BCUT2D eigenvalue weighted by molar-refractivity contribution is 7.99. The molecule has 0 bridgehead atoms. The Balaban J connectivity index is 1.80. The number of nitrogens with zero attached hydrogens (tertiary/aromatic N) is 3. The molecule has 0 aliphatic carbocycles. The molecule has 2 aromatic rings. The van der Waals surface area contributed by atoms with Gasteiger partial charge in [-0.05, 0) is 49.0 Å². The van der Waals surface area contributed by atoms with Crippen LogP contribution in [0.4, 0.5) is 0 Å². The van der Waals surface area contributed by atoms with Crippen LogP contribution in [0.15, 0.2) is 18.2 Å². The normalized spacial score (nSPS) is 16.2. The summed E-state index contributed by atoms with van der Waals surface area (Å²) < 4.78 is 0. The molecule has 0 atom stereocenters. The van der Waals surface area contributed by atoms with Gasteiger partial charge in [0.15, 0.2) is 0 Å². The number of carbonyl (C=O) groups excluding carboxylic acids is 1. The minimum absolute atomic E-state index is 0.154.